The van der Waals surface area contributed by atoms with E-state index >= 15 is 0 Å². The second kappa shape index (κ2) is 7.49. The Balaban J connectivity index is 2.61. The number of nitrogens with zero attached hydrogens (tertiary/aromatic N) is 2. The van der Waals surface area contributed by atoms with E-state index in [2.05, 4.69) is 0 Å². The number of carbonyl (C=O) groups excluding carboxylic acids is 2. The summed E-state index contributed by atoms with van der Waals surface area (Å²) in [6, 6.07) is 7.96. The van der Waals surface area contributed by atoms with Gasteiger partial charge in [-0.15, -0.1) is 0 Å². The normalized spacial score (nSPS) is 9.48. The first-order chi connectivity index (χ1) is 9.92. The van der Waals surface area contributed by atoms with Crippen LogP contribution in [0.2, 0.25) is 0 Å². The Morgan fingerprint density at radius 3 is 2.33 bits per heavy atom. The number of hydrogen-bond donors (Lipinski definition) is 2. The average Bonchev–Trinajstić information content (AvgIpc) is 2.43. The molecule has 0 fully saturated rings. The molecular formula is C13H13N3O5. The van der Waals surface area contributed by atoms with Crippen LogP contribution < -0.4 is 10.5 Å². The summed E-state index contributed by atoms with van der Waals surface area (Å²) in [5, 5.41) is 17.3. The molecule has 0 aliphatic carbocycles. The minimum absolute atomic E-state index is 0.344. The topological polar surface area (TPSA) is 134 Å². The van der Waals surface area contributed by atoms with Crippen LogP contribution in [0.3, 0.4) is 0 Å². The minimum atomic E-state index is -1.26. The fourth-order valence-corrected chi connectivity index (χ4v) is 1.45. The lowest BCUT2D eigenvalue weighted by atomic mass is 10.2. The van der Waals surface area contributed by atoms with Crippen LogP contribution in [0.4, 0.5) is 0 Å². The van der Waals surface area contributed by atoms with E-state index < -0.39 is 37.5 Å². The number of carboxylic acid groups (broad SMARTS) is 1. The summed E-state index contributed by atoms with van der Waals surface area (Å²) in [4.78, 5) is 34.0. The Bertz CT molecular complexity index is 560. The number of aliphatic carboxylic acids is 1. The smallest absolute Gasteiger partial charge is 0.323 e. The van der Waals surface area contributed by atoms with Crippen molar-refractivity contribution >= 4 is 17.8 Å². The lowest BCUT2D eigenvalue weighted by Crippen LogP contribution is -2.43. The number of ether oxygens (including phenoxy) is 1. The lowest BCUT2D eigenvalue weighted by Gasteiger charge is -2.19. The molecule has 110 valence electrons. The van der Waals surface area contributed by atoms with Crippen molar-refractivity contribution in [1.29, 1.82) is 5.26 Å². The number of carboxylic acids is 1. The standard InChI is InChI=1S/C13H13N3O5/c14-5-9-1-3-10(4-2-9)21-8-12(18)16(6-11(15)17)7-13(19)20/h1-4H,6-8H2,(H2,15,17)(H,19,20). The lowest BCUT2D eigenvalue weighted by molar-refractivity contribution is -0.146. The molecule has 0 heterocycles. The van der Waals surface area contributed by atoms with Crippen molar-refractivity contribution in [2.24, 2.45) is 5.73 Å². The summed E-state index contributed by atoms with van der Waals surface area (Å²) >= 11 is 0. The van der Waals surface area contributed by atoms with Crippen LogP contribution in [0.15, 0.2) is 24.3 Å². The molecule has 0 spiro atoms. The summed E-state index contributed by atoms with van der Waals surface area (Å²) in [5.41, 5.74) is 5.39. The van der Waals surface area contributed by atoms with Crippen molar-refractivity contribution in [3.8, 4) is 11.8 Å². The zero-order chi connectivity index (χ0) is 15.8. The molecule has 0 aliphatic heterocycles. The number of primary amides is 1. The number of carbonyl (C=O) groups is 3. The van der Waals surface area contributed by atoms with Gasteiger partial charge in [0, 0.05) is 0 Å². The zero-order valence-corrected chi connectivity index (χ0v) is 11.0. The minimum Gasteiger partial charge on any atom is -0.484 e. The average molecular weight is 291 g/mol. The van der Waals surface area contributed by atoms with Gasteiger partial charge in [-0.2, -0.15) is 5.26 Å². The van der Waals surface area contributed by atoms with Gasteiger partial charge in [-0.25, -0.2) is 0 Å². The summed E-state index contributed by atoms with van der Waals surface area (Å²) in [6.45, 7) is -1.58. The van der Waals surface area contributed by atoms with Gasteiger partial charge in [-0.05, 0) is 24.3 Å². The van der Waals surface area contributed by atoms with Crippen LogP contribution in [0.1, 0.15) is 5.56 Å². The van der Waals surface area contributed by atoms with Crippen molar-refractivity contribution in [2.45, 2.75) is 0 Å². The third kappa shape index (κ3) is 5.61. The first kappa shape index (κ1) is 16.0. The SMILES string of the molecule is N#Cc1ccc(OCC(=O)N(CC(N)=O)CC(=O)O)cc1. The van der Waals surface area contributed by atoms with Crippen molar-refractivity contribution in [3.05, 3.63) is 29.8 Å². The molecule has 21 heavy (non-hydrogen) atoms. The van der Waals surface area contributed by atoms with Gasteiger partial charge in [0.25, 0.3) is 5.91 Å². The third-order valence-electron chi connectivity index (χ3n) is 2.37. The molecule has 1 aromatic carbocycles. The molecule has 1 rings (SSSR count). The molecule has 0 bridgehead atoms. The van der Waals surface area contributed by atoms with E-state index in [-0.39, 0.29) is 0 Å². The molecule has 3 N–H and O–H groups in total. The molecule has 0 aliphatic rings. The highest BCUT2D eigenvalue weighted by atomic mass is 16.5. The molecule has 0 atom stereocenters. The van der Waals surface area contributed by atoms with E-state index in [0.717, 1.165) is 4.90 Å². The fraction of sp³-hybridized carbons (Fsp3) is 0.231. The van der Waals surface area contributed by atoms with Gasteiger partial charge < -0.3 is 20.5 Å². The van der Waals surface area contributed by atoms with Crippen LogP contribution in [0.5, 0.6) is 5.75 Å². The van der Waals surface area contributed by atoms with Gasteiger partial charge in [-0.3, -0.25) is 14.4 Å². The van der Waals surface area contributed by atoms with Crippen molar-refractivity contribution in [1.82, 2.24) is 4.90 Å². The summed E-state index contributed by atoms with van der Waals surface area (Å²) in [6.07, 6.45) is 0. The highest BCUT2D eigenvalue weighted by Crippen LogP contribution is 2.11. The first-order valence-corrected chi connectivity index (χ1v) is 5.83. The van der Waals surface area contributed by atoms with E-state index in [1.807, 2.05) is 6.07 Å². The van der Waals surface area contributed by atoms with Gasteiger partial charge in [0.2, 0.25) is 5.91 Å². The zero-order valence-electron chi connectivity index (χ0n) is 11.0. The molecule has 1 aromatic rings. The predicted molar refractivity (Wildman–Crippen MR) is 70.1 cm³/mol. The second-order valence-electron chi connectivity index (χ2n) is 4.03. The molecule has 8 nitrogen and oxygen atoms in total. The highest BCUT2D eigenvalue weighted by molar-refractivity contribution is 5.87. The number of rotatable bonds is 7. The maximum absolute atomic E-state index is 11.8. The predicted octanol–water partition coefficient (Wildman–Crippen LogP) is -0.664. The molecule has 0 unspecified atom stereocenters. The second-order valence-corrected chi connectivity index (χ2v) is 4.03. The van der Waals surface area contributed by atoms with E-state index in [1.165, 1.54) is 24.3 Å². The maximum Gasteiger partial charge on any atom is 0.323 e. The Morgan fingerprint density at radius 2 is 1.86 bits per heavy atom. The van der Waals surface area contributed by atoms with Crippen LogP contribution >= 0.6 is 0 Å². The highest BCUT2D eigenvalue weighted by Gasteiger charge is 2.19. The molecule has 0 saturated carbocycles. The van der Waals surface area contributed by atoms with Gasteiger partial charge in [0.15, 0.2) is 6.61 Å². The van der Waals surface area contributed by atoms with E-state index in [9.17, 15) is 14.4 Å². The number of benzene rings is 1. The number of hydrogen-bond acceptors (Lipinski definition) is 5. The van der Waals surface area contributed by atoms with Crippen molar-refractivity contribution in [3.63, 3.8) is 0 Å². The number of nitrogens with two attached hydrogens (primary N) is 1. The molecule has 0 saturated heterocycles. The fourth-order valence-electron chi connectivity index (χ4n) is 1.45. The quantitative estimate of drug-likeness (QED) is 0.684. The van der Waals surface area contributed by atoms with Crippen LogP contribution in [-0.2, 0) is 14.4 Å². The van der Waals surface area contributed by atoms with Gasteiger partial charge in [-0.1, -0.05) is 0 Å². The molecule has 0 radical (unpaired) electrons. The van der Waals surface area contributed by atoms with E-state index in [4.69, 9.17) is 20.8 Å². The first-order valence-electron chi connectivity index (χ1n) is 5.83. The summed E-state index contributed by atoms with van der Waals surface area (Å²) in [5.74, 6) is -2.41. The molecule has 0 aromatic heterocycles. The number of nitriles is 1. The Labute approximate surface area is 120 Å². The molecular weight excluding hydrogens is 278 g/mol. The summed E-state index contributed by atoms with van der Waals surface area (Å²) in [7, 11) is 0. The van der Waals surface area contributed by atoms with Crippen LogP contribution in [-0.4, -0.2) is 47.5 Å². The maximum atomic E-state index is 11.8. The van der Waals surface area contributed by atoms with Gasteiger partial charge in [0.05, 0.1) is 11.6 Å². The third-order valence-corrected chi connectivity index (χ3v) is 2.37. The Hall–Kier alpha value is -3.08. The van der Waals surface area contributed by atoms with Gasteiger partial charge >= 0.3 is 5.97 Å². The van der Waals surface area contributed by atoms with Crippen LogP contribution in [0, 0.1) is 11.3 Å². The monoisotopic (exact) mass is 291 g/mol. The van der Waals surface area contributed by atoms with E-state index in [0.29, 0.717) is 11.3 Å². The Kier molecular flexibility index (Phi) is 5.70. The van der Waals surface area contributed by atoms with Crippen LogP contribution in [0.25, 0.3) is 0 Å². The number of amides is 2. The molecule has 2 amide bonds. The van der Waals surface area contributed by atoms with Crippen molar-refractivity contribution < 1.29 is 24.2 Å². The van der Waals surface area contributed by atoms with E-state index in [1.54, 1.807) is 0 Å². The summed E-state index contributed by atoms with van der Waals surface area (Å²) < 4.78 is 5.17. The van der Waals surface area contributed by atoms with Gasteiger partial charge in [0.1, 0.15) is 18.8 Å². The Morgan fingerprint density at radius 1 is 1.24 bits per heavy atom. The van der Waals surface area contributed by atoms with Crippen molar-refractivity contribution in [2.75, 3.05) is 19.7 Å². The molecule has 8 heteroatoms. The largest absolute Gasteiger partial charge is 0.484 e.